The molecule has 0 spiro atoms. The highest BCUT2D eigenvalue weighted by molar-refractivity contribution is 4.80. The standard InChI is InChI=1S/C8H16O/c1-5-7(2)6-8(3,4)9/h5,7,9H,1,6H2,2-4H3. The van der Waals surface area contributed by atoms with Gasteiger partial charge in [0.15, 0.2) is 0 Å². The molecule has 0 bridgehead atoms. The van der Waals surface area contributed by atoms with E-state index in [-0.39, 0.29) is 0 Å². The van der Waals surface area contributed by atoms with Crippen LogP contribution in [0.2, 0.25) is 0 Å². The van der Waals surface area contributed by atoms with Crippen LogP contribution in [-0.4, -0.2) is 10.7 Å². The number of aliphatic hydroxyl groups is 1. The molecular weight excluding hydrogens is 112 g/mol. The van der Waals surface area contributed by atoms with Crippen LogP contribution in [0.4, 0.5) is 0 Å². The van der Waals surface area contributed by atoms with E-state index in [1.54, 1.807) is 0 Å². The largest absolute Gasteiger partial charge is 0.390 e. The first-order chi connectivity index (χ1) is 3.95. The van der Waals surface area contributed by atoms with Crippen molar-refractivity contribution in [1.82, 2.24) is 0 Å². The van der Waals surface area contributed by atoms with E-state index in [0.717, 1.165) is 6.42 Å². The Morgan fingerprint density at radius 2 is 2.11 bits per heavy atom. The van der Waals surface area contributed by atoms with Gasteiger partial charge in [-0.25, -0.2) is 0 Å². The highest BCUT2D eigenvalue weighted by atomic mass is 16.3. The molecule has 0 amide bonds. The fraction of sp³-hybridized carbons (Fsp3) is 0.750. The van der Waals surface area contributed by atoms with Gasteiger partial charge in [-0.2, -0.15) is 0 Å². The molecule has 0 aromatic heterocycles. The Morgan fingerprint density at radius 1 is 1.67 bits per heavy atom. The Hall–Kier alpha value is -0.300. The van der Waals surface area contributed by atoms with Crippen molar-refractivity contribution >= 4 is 0 Å². The van der Waals surface area contributed by atoms with Crippen LogP contribution in [0.15, 0.2) is 12.7 Å². The molecule has 9 heavy (non-hydrogen) atoms. The van der Waals surface area contributed by atoms with Crippen LogP contribution in [0.5, 0.6) is 0 Å². The third-order valence-electron chi connectivity index (χ3n) is 1.22. The van der Waals surface area contributed by atoms with Crippen molar-refractivity contribution in [3.05, 3.63) is 12.7 Å². The molecule has 0 saturated carbocycles. The van der Waals surface area contributed by atoms with E-state index in [2.05, 4.69) is 6.58 Å². The molecule has 0 radical (unpaired) electrons. The van der Waals surface area contributed by atoms with E-state index in [9.17, 15) is 5.11 Å². The van der Waals surface area contributed by atoms with Crippen molar-refractivity contribution in [2.45, 2.75) is 32.8 Å². The van der Waals surface area contributed by atoms with Gasteiger partial charge in [0, 0.05) is 0 Å². The average molecular weight is 128 g/mol. The van der Waals surface area contributed by atoms with Gasteiger partial charge in [0.1, 0.15) is 0 Å². The second-order valence-corrected chi connectivity index (χ2v) is 3.23. The van der Waals surface area contributed by atoms with E-state index in [1.807, 2.05) is 26.8 Å². The monoisotopic (exact) mass is 128 g/mol. The number of rotatable bonds is 3. The van der Waals surface area contributed by atoms with Crippen LogP contribution in [-0.2, 0) is 0 Å². The molecule has 0 heterocycles. The lowest BCUT2D eigenvalue weighted by atomic mass is 9.95. The lowest BCUT2D eigenvalue weighted by molar-refractivity contribution is 0.0614. The van der Waals surface area contributed by atoms with Crippen LogP contribution >= 0.6 is 0 Å². The number of hydrogen-bond acceptors (Lipinski definition) is 1. The van der Waals surface area contributed by atoms with Crippen LogP contribution in [0.25, 0.3) is 0 Å². The molecule has 54 valence electrons. The van der Waals surface area contributed by atoms with Crippen molar-refractivity contribution in [2.24, 2.45) is 5.92 Å². The van der Waals surface area contributed by atoms with Gasteiger partial charge in [-0.05, 0) is 26.2 Å². The molecule has 1 N–H and O–H groups in total. The Balaban J connectivity index is 3.59. The summed E-state index contributed by atoms with van der Waals surface area (Å²) in [5, 5.41) is 9.27. The lowest BCUT2D eigenvalue weighted by Crippen LogP contribution is -2.20. The van der Waals surface area contributed by atoms with Gasteiger partial charge in [-0.1, -0.05) is 13.0 Å². The fourth-order valence-electron chi connectivity index (χ4n) is 0.871. The second kappa shape index (κ2) is 3.02. The Bertz CT molecular complexity index is 89.2. The van der Waals surface area contributed by atoms with Gasteiger partial charge in [0.05, 0.1) is 5.60 Å². The van der Waals surface area contributed by atoms with E-state index in [0.29, 0.717) is 5.92 Å². The quantitative estimate of drug-likeness (QED) is 0.576. The fourth-order valence-corrected chi connectivity index (χ4v) is 0.871. The van der Waals surface area contributed by atoms with Crippen molar-refractivity contribution in [1.29, 1.82) is 0 Å². The van der Waals surface area contributed by atoms with Crippen molar-refractivity contribution < 1.29 is 5.11 Å². The molecule has 1 unspecified atom stereocenters. The first-order valence-corrected chi connectivity index (χ1v) is 3.30. The first kappa shape index (κ1) is 8.70. The van der Waals surface area contributed by atoms with Crippen LogP contribution in [0, 0.1) is 5.92 Å². The molecule has 0 rings (SSSR count). The molecule has 1 heteroatoms. The summed E-state index contributed by atoms with van der Waals surface area (Å²) in [6, 6.07) is 0. The Morgan fingerprint density at radius 3 is 2.22 bits per heavy atom. The SMILES string of the molecule is C=CC(C)CC(C)(C)O. The molecule has 0 aliphatic carbocycles. The van der Waals surface area contributed by atoms with Crippen LogP contribution < -0.4 is 0 Å². The van der Waals surface area contributed by atoms with Gasteiger partial charge in [-0.3, -0.25) is 0 Å². The van der Waals surface area contributed by atoms with E-state index >= 15 is 0 Å². The number of allylic oxidation sites excluding steroid dienone is 1. The summed E-state index contributed by atoms with van der Waals surface area (Å²) >= 11 is 0. The molecule has 0 aromatic carbocycles. The molecule has 0 aromatic rings. The van der Waals surface area contributed by atoms with E-state index in [1.165, 1.54) is 0 Å². The van der Waals surface area contributed by atoms with Gasteiger partial charge < -0.3 is 5.11 Å². The van der Waals surface area contributed by atoms with Crippen molar-refractivity contribution in [3.8, 4) is 0 Å². The van der Waals surface area contributed by atoms with E-state index < -0.39 is 5.60 Å². The molecule has 1 nitrogen and oxygen atoms in total. The molecule has 1 atom stereocenters. The maximum atomic E-state index is 9.27. The minimum Gasteiger partial charge on any atom is -0.390 e. The maximum absolute atomic E-state index is 9.27. The average Bonchev–Trinajstić information content (AvgIpc) is 1.62. The van der Waals surface area contributed by atoms with Crippen molar-refractivity contribution in [2.75, 3.05) is 0 Å². The second-order valence-electron chi connectivity index (χ2n) is 3.23. The summed E-state index contributed by atoms with van der Waals surface area (Å²) in [5.74, 6) is 0.407. The maximum Gasteiger partial charge on any atom is 0.0597 e. The predicted octanol–water partition coefficient (Wildman–Crippen LogP) is 1.97. The molecular formula is C8H16O. The van der Waals surface area contributed by atoms with Gasteiger partial charge in [0.25, 0.3) is 0 Å². The summed E-state index contributed by atoms with van der Waals surface area (Å²) in [6.07, 6.45) is 2.65. The van der Waals surface area contributed by atoms with E-state index in [4.69, 9.17) is 0 Å². The third kappa shape index (κ3) is 5.57. The van der Waals surface area contributed by atoms with Crippen LogP contribution in [0.1, 0.15) is 27.2 Å². The van der Waals surface area contributed by atoms with Crippen molar-refractivity contribution in [3.63, 3.8) is 0 Å². The summed E-state index contributed by atoms with van der Waals surface area (Å²) < 4.78 is 0. The van der Waals surface area contributed by atoms with Gasteiger partial charge >= 0.3 is 0 Å². The lowest BCUT2D eigenvalue weighted by Gasteiger charge is -2.19. The normalized spacial score (nSPS) is 15.1. The summed E-state index contributed by atoms with van der Waals surface area (Å²) in [6.45, 7) is 9.31. The molecule has 0 aliphatic heterocycles. The zero-order chi connectivity index (χ0) is 7.49. The highest BCUT2D eigenvalue weighted by Gasteiger charge is 2.14. The summed E-state index contributed by atoms with van der Waals surface area (Å²) in [5.41, 5.74) is -0.548. The Labute approximate surface area is 57.4 Å². The van der Waals surface area contributed by atoms with Gasteiger partial charge in [0.2, 0.25) is 0 Å². The first-order valence-electron chi connectivity index (χ1n) is 3.30. The highest BCUT2D eigenvalue weighted by Crippen LogP contribution is 2.15. The number of hydrogen-bond donors (Lipinski definition) is 1. The zero-order valence-corrected chi connectivity index (χ0v) is 6.52. The molecule has 0 aliphatic rings. The summed E-state index contributed by atoms with van der Waals surface area (Å²) in [7, 11) is 0. The molecule has 0 saturated heterocycles. The minimum atomic E-state index is -0.548. The van der Waals surface area contributed by atoms with Crippen LogP contribution in [0.3, 0.4) is 0 Å². The topological polar surface area (TPSA) is 20.2 Å². The molecule has 0 fully saturated rings. The smallest absolute Gasteiger partial charge is 0.0597 e. The Kier molecular flexibility index (Phi) is 2.92. The van der Waals surface area contributed by atoms with Gasteiger partial charge in [-0.15, -0.1) is 6.58 Å². The third-order valence-corrected chi connectivity index (χ3v) is 1.22. The predicted molar refractivity (Wildman–Crippen MR) is 40.3 cm³/mol. The minimum absolute atomic E-state index is 0.407. The summed E-state index contributed by atoms with van der Waals surface area (Å²) in [4.78, 5) is 0. The zero-order valence-electron chi connectivity index (χ0n) is 6.52.